The first-order chi connectivity index (χ1) is 43.4. The molecule has 0 aromatic carbocycles. The number of hydrogen-bond donors (Lipinski definition) is 21. The monoisotopic (exact) mass is 1330 g/mol. The van der Waals surface area contributed by atoms with Crippen molar-refractivity contribution < 1.29 is 77.6 Å². The smallest absolute Gasteiger partial charge is 0.245 e. The average molecular weight is 1330 g/mol. The zero-order valence-corrected chi connectivity index (χ0v) is 53.2. The first-order valence-corrected chi connectivity index (χ1v) is 31.2. The van der Waals surface area contributed by atoms with Crippen LogP contribution in [0.1, 0.15) is 91.9 Å². The summed E-state index contributed by atoms with van der Waals surface area (Å²) in [5, 5.41) is 60.0. The third-order valence-corrected chi connectivity index (χ3v) is 14.5. The number of aliphatic hydroxyl groups excluding tert-OH is 3. The average Bonchev–Trinajstić information content (AvgIpc) is 1.65. The van der Waals surface area contributed by atoms with Crippen LogP contribution in [-0.4, -0.2) is 252 Å². The molecule has 2 rings (SSSR count). The van der Waals surface area contributed by atoms with Gasteiger partial charge in [-0.05, 0) is 96.0 Å². The summed E-state index contributed by atoms with van der Waals surface area (Å²) in [7, 11) is 0. The van der Waals surface area contributed by atoms with Gasteiger partial charge in [0.25, 0.3) is 0 Å². The summed E-state index contributed by atoms with van der Waals surface area (Å²) in [6, 6.07) is -15.0. The van der Waals surface area contributed by atoms with Crippen molar-refractivity contribution in [1.29, 1.82) is 0 Å². The minimum absolute atomic E-state index is 0.000647. The topological polar surface area (TPSA) is 623 Å². The van der Waals surface area contributed by atoms with Crippen LogP contribution in [0.15, 0.2) is 15.0 Å². The minimum atomic E-state index is -1.85. The van der Waals surface area contributed by atoms with E-state index in [2.05, 4.69) is 78.8 Å². The van der Waals surface area contributed by atoms with Crippen LogP contribution in [0, 0.1) is 5.92 Å². The Balaban J connectivity index is 2.68. The van der Waals surface area contributed by atoms with Gasteiger partial charge >= 0.3 is 0 Å². The van der Waals surface area contributed by atoms with Gasteiger partial charge < -0.3 is 118 Å². The number of fused-ring (bicyclic) bond motifs is 1. The quantitative estimate of drug-likeness (QED) is 0.0306. The maximum absolute atomic E-state index is 14.4. The molecule has 518 valence electrons. The molecule has 27 N–H and O–H groups in total. The summed E-state index contributed by atoms with van der Waals surface area (Å²) in [6.07, 6.45) is 0.204. The maximum atomic E-state index is 14.4. The molecule has 0 aliphatic carbocycles. The van der Waals surface area contributed by atoms with E-state index in [1.807, 2.05) is 0 Å². The van der Waals surface area contributed by atoms with Crippen molar-refractivity contribution in [2.75, 3.05) is 71.0 Å². The second-order valence-corrected chi connectivity index (χ2v) is 23.0. The molecule has 38 nitrogen and oxygen atoms in total. The molecule has 2 aliphatic rings. The molecule has 13 amide bonds. The van der Waals surface area contributed by atoms with Crippen molar-refractivity contribution in [2.45, 2.75) is 158 Å². The van der Waals surface area contributed by atoms with Crippen molar-refractivity contribution in [1.82, 2.24) is 68.7 Å². The molecule has 11 atom stereocenters. The molecule has 2 saturated heterocycles. The fourth-order valence-corrected chi connectivity index (χ4v) is 9.65. The lowest BCUT2D eigenvalue weighted by atomic mass is 10.0. The molecule has 39 heteroatoms. The van der Waals surface area contributed by atoms with Gasteiger partial charge in [0.15, 0.2) is 17.9 Å². The Morgan fingerprint density at radius 3 is 1.29 bits per heavy atom. The number of nitrogens with one attached hydrogen (secondary N) is 12. The molecule has 2 heterocycles. The fourth-order valence-electron chi connectivity index (χ4n) is 9.18. The minimum Gasteiger partial charge on any atom is -0.394 e. The zero-order chi connectivity index (χ0) is 69.2. The number of guanidine groups is 3. The summed E-state index contributed by atoms with van der Waals surface area (Å²) >= 11 is 1.33. The Morgan fingerprint density at radius 1 is 0.500 bits per heavy atom. The highest BCUT2D eigenvalue weighted by molar-refractivity contribution is 7.98. The van der Waals surface area contributed by atoms with Crippen LogP contribution < -0.4 is 98.2 Å². The van der Waals surface area contributed by atoms with Crippen LogP contribution in [-0.2, 0) is 62.3 Å². The molecule has 0 aromatic heterocycles. The van der Waals surface area contributed by atoms with Crippen LogP contribution >= 0.6 is 11.8 Å². The van der Waals surface area contributed by atoms with Crippen molar-refractivity contribution in [3.05, 3.63) is 0 Å². The SMILES string of the molecule is CSCC[C@@H]1NC(=O)CNC(=O)[C@@H]2CCCN2C(=O)[C@H](C)NC(=O)CNC(=O)[C@H]([C@@H](C)O)NC(=O)[C@H](CO)NC(=O)[C@H](CCCN=C(N)N)NC(=O)CNC(=O)[C@H](CO)NC(=O)[C@H](CCCN=C(N)N)NC(=O)[C@H](CC(C)C)NC(=O)[C@H](CCCN=C(N)N)NC1=O. The summed E-state index contributed by atoms with van der Waals surface area (Å²) < 4.78 is 0. The number of nitrogens with zero attached hydrogens (tertiary/aromatic N) is 4. The van der Waals surface area contributed by atoms with E-state index < -0.39 is 176 Å². The van der Waals surface area contributed by atoms with Crippen LogP contribution in [0.4, 0.5) is 0 Å². The molecule has 0 saturated carbocycles. The Kier molecular flexibility index (Phi) is 35.8. The Labute approximate surface area is 535 Å². The number of rotatable bonds is 20. The zero-order valence-electron chi connectivity index (χ0n) is 52.4. The first kappa shape index (κ1) is 79.2. The third kappa shape index (κ3) is 29.4. The van der Waals surface area contributed by atoms with Crippen molar-refractivity contribution in [3.8, 4) is 0 Å². The molecular weight excluding hydrogens is 1230 g/mol. The normalized spacial score (nSPS) is 25.2. The number of carbonyl (C=O) groups is 13. The van der Waals surface area contributed by atoms with Gasteiger partial charge in [-0.3, -0.25) is 77.3 Å². The van der Waals surface area contributed by atoms with E-state index in [1.54, 1.807) is 20.1 Å². The second kappa shape index (κ2) is 41.5. The summed E-state index contributed by atoms with van der Waals surface area (Å²) in [6.45, 7) is 1.29. The largest absolute Gasteiger partial charge is 0.394 e. The highest BCUT2D eigenvalue weighted by Gasteiger charge is 2.38. The van der Waals surface area contributed by atoms with Gasteiger partial charge in [0, 0.05) is 26.2 Å². The van der Waals surface area contributed by atoms with E-state index in [-0.39, 0.29) is 108 Å². The Bertz CT molecular complexity index is 2640. The van der Waals surface area contributed by atoms with Gasteiger partial charge in [0.05, 0.1) is 39.0 Å². The van der Waals surface area contributed by atoms with Gasteiger partial charge in [-0.1, -0.05) is 13.8 Å². The molecule has 2 fully saturated rings. The van der Waals surface area contributed by atoms with Crippen molar-refractivity contribution >= 4 is 106 Å². The molecule has 0 radical (unpaired) electrons. The van der Waals surface area contributed by atoms with Gasteiger partial charge in [-0.15, -0.1) is 0 Å². The van der Waals surface area contributed by atoms with E-state index in [0.717, 1.165) is 6.92 Å². The van der Waals surface area contributed by atoms with Crippen LogP contribution in [0.5, 0.6) is 0 Å². The number of nitrogens with two attached hydrogens (primary N) is 6. The van der Waals surface area contributed by atoms with Gasteiger partial charge in [0.2, 0.25) is 76.8 Å². The molecule has 0 aromatic rings. The molecule has 0 unspecified atom stereocenters. The number of thioether (sulfide) groups is 1. The van der Waals surface area contributed by atoms with Gasteiger partial charge in [-0.25, -0.2) is 0 Å². The van der Waals surface area contributed by atoms with Crippen molar-refractivity contribution in [2.24, 2.45) is 55.3 Å². The molecule has 92 heavy (non-hydrogen) atoms. The lowest BCUT2D eigenvalue weighted by Crippen LogP contribution is -2.60. The Morgan fingerprint density at radius 2 is 0.870 bits per heavy atom. The number of amides is 13. The predicted molar refractivity (Wildman–Crippen MR) is 335 cm³/mol. The van der Waals surface area contributed by atoms with E-state index in [4.69, 9.17) is 34.4 Å². The second-order valence-electron chi connectivity index (χ2n) is 22.0. The predicted octanol–water partition coefficient (Wildman–Crippen LogP) is -11.0. The molecule has 0 spiro atoms. The summed E-state index contributed by atoms with van der Waals surface area (Å²) in [5.74, 6) is -13.3. The maximum Gasteiger partial charge on any atom is 0.245 e. The van der Waals surface area contributed by atoms with E-state index in [1.165, 1.54) is 23.6 Å². The van der Waals surface area contributed by atoms with E-state index in [0.29, 0.717) is 12.2 Å². The standard InChI is InChI=1S/C53H94N22O16S/c1-26(2)20-33-46(87)70-31(12-8-17-62-53(58)59)44(85)72-34(24-76)41(82)63-22-38(80)67-29(10-6-15-60-51(54)55)42(83)73-35(25-77)47(88)74-40(28(4)78)49(90)65-21-37(79)66-27(3)50(91)75-18-9-13-36(75)48(89)64-23-39(81)68-32(14-19-92-5)45(86)69-30(43(84)71-33)11-7-16-61-52(56)57/h26-36,40,76-78H,6-25H2,1-5H3,(H,63,82)(H,64,89)(H,65,90)(H,66,79)(H,67,80)(H,68,81)(H,69,86)(H,70,87)(H,71,84)(H,72,85)(H,73,83)(H,74,88)(H4,54,55,60)(H4,56,57,61)(H4,58,59,62)/t27-,28+,29-,30-,31-,32-,33-,34-,35-,36-,40-/m0/s1. The molecular formula is C53H94N22O16S. The van der Waals surface area contributed by atoms with Crippen LogP contribution in [0.2, 0.25) is 0 Å². The highest BCUT2D eigenvalue weighted by Crippen LogP contribution is 2.19. The number of aliphatic hydroxyl groups is 3. The lowest BCUT2D eigenvalue weighted by Gasteiger charge is -2.28. The fraction of sp³-hybridized carbons (Fsp3) is 0.698. The summed E-state index contributed by atoms with van der Waals surface area (Å²) in [5.41, 5.74) is 32.9. The first-order valence-electron chi connectivity index (χ1n) is 29.8. The molecule has 2 aliphatic heterocycles. The summed E-state index contributed by atoms with van der Waals surface area (Å²) in [4.78, 5) is 191. The number of aliphatic imine (C=N–C) groups is 3. The van der Waals surface area contributed by atoms with E-state index >= 15 is 0 Å². The van der Waals surface area contributed by atoms with Gasteiger partial charge in [-0.2, -0.15) is 11.8 Å². The number of carbonyl (C=O) groups excluding carboxylic acids is 13. The van der Waals surface area contributed by atoms with Gasteiger partial charge in [0.1, 0.15) is 60.4 Å². The molecule has 0 bridgehead atoms. The van der Waals surface area contributed by atoms with Crippen LogP contribution in [0.25, 0.3) is 0 Å². The Hall–Kier alpha value is -8.85. The lowest BCUT2D eigenvalue weighted by molar-refractivity contribution is -0.141. The number of hydrogen-bond acceptors (Lipinski definition) is 20. The third-order valence-electron chi connectivity index (χ3n) is 13.9. The van der Waals surface area contributed by atoms with Crippen molar-refractivity contribution in [3.63, 3.8) is 0 Å². The van der Waals surface area contributed by atoms with Crippen LogP contribution in [0.3, 0.4) is 0 Å². The highest BCUT2D eigenvalue weighted by atomic mass is 32.2. The van der Waals surface area contributed by atoms with E-state index in [9.17, 15) is 77.6 Å².